The first-order valence-corrected chi connectivity index (χ1v) is 12.6. The number of hydrogen-bond acceptors (Lipinski definition) is 3. The normalized spacial score (nSPS) is 20.3. The number of benzene rings is 2. The number of carbonyl (C=O) groups is 1. The molecule has 0 atom stereocenters. The molecule has 0 radical (unpaired) electrons. The first-order valence-electron chi connectivity index (χ1n) is 10.7. The number of methoxy groups -OCH3 is 1. The third-order valence-electron chi connectivity index (χ3n) is 6.33. The lowest BCUT2D eigenvalue weighted by Gasteiger charge is -2.44. The SMILES string of the molecule is COC(=O)[C@H]1CC[C@@H](CO[Si](c2ccccc2)(c2ccccc2)C(C)(C)C)CC1. The zero-order chi connectivity index (χ0) is 20.9. The molecule has 1 saturated carbocycles. The van der Waals surface area contributed by atoms with Crippen LogP contribution in [0, 0.1) is 11.8 Å². The van der Waals surface area contributed by atoms with Gasteiger partial charge >= 0.3 is 5.97 Å². The van der Waals surface area contributed by atoms with Gasteiger partial charge in [0.2, 0.25) is 0 Å². The molecule has 3 nitrogen and oxygen atoms in total. The highest BCUT2D eigenvalue weighted by Crippen LogP contribution is 2.38. The summed E-state index contributed by atoms with van der Waals surface area (Å²) in [5.41, 5.74) is 0. The molecule has 0 amide bonds. The van der Waals surface area contributed by atoms with Crippen molar-refractivity contribution < 1.29 is 14.0 Å². The molecule has 0 spiro atoms. The monoisotopic (exact) mass is 410 g/mol. The fraction of sp³-hybridized carbons (Fsp3) is 0.480. The van der Waals surface area contributed by atoms with Gasteiger partial charge in [0.25, 0.3) is 8.32 Å². The van der Waals surface area contributed by atoms with Crippen LogP contribution in [0.25, 0.3) is 0 Å². The van der Waals surface area contributed by atoms with Gasteiger partial charge < -0.3 is 9.16 Å². The lowest BCUT2D eigenvalue weighted by Crippen LogP contribution is -2.67. The molecule has 0 bridgehead atoms. The minimum absolute atomic E-state index is 0.00107. The molecule has 0 N–H and O–H groups in total. The summed E-state index contributed by atoms with van der Waals surface area (Å²) >= 11 is 0. The fourth-order valence-electron chi connectivity index (χ4n) is 4.74. The van der Waals surface area contributed by atoms with E-state index in [1.807, 2.05) is 0 Å². The Kier molecular flexibility index (Phi) is 6.96. The fourth-order valence-corrected chi connectivity index (χ4v) is 9.38. The average Bonchev–Trinajstić information content (AvgIpc) is 2.74. The van der Waals surface area contributed by atoms with E-state index >= 15 is 0 Å². The molecule has 2 aromatic rings. The van der Waals surface area contributed by atoms with Crippen molar-refractivity contribution in [2.45, 2.75) is 51.5 Å². The molecule has 0 aliphatic heterocycles. The van der Waals surface area contributed by atoms with Crippen molar-refractivity contribution >= 4 is 24.7 Å². The molecule has 2 aromatic carbocycles. The number of hydrogen-bond donors (Lipinski definition) is 0. The summed E-state index contributed by atoms with van der Waals surface area (Å²) in [4.78, 5) is 11.8. The van der Waals surface area contributed by atoms with Crippen molar-refractivity contribution in [3.63, 3.8) is 0 Å². The van der Waals surface area contributed by atoms with Crippen molar-refractivity contribution in [1.82, 2.24) is 0 Å². The van der Waals surface area contributed by atoms with Crippen molar-refractivity contribution in [2.24, 2.45) is 11.8 Å². The van der Waals surface area contributed by atoms with Crippen LogP contribution >= 0.6 is 0 Å². The molecule has 156 valence electrons. The average molecular weight is 411 g/mol. The number of rotatable bonds is 6. The van der Waals surface area contributed by atoms with Crippen molar-refractivity contribution in [1.29, 1.82) is 0 Å². The molecular weight excluding hydrogens is 376 g/mol. The Hall–Kier alpha value is -1.91. The predicted molar refractivity (Wildman–Crippen MR) is 121 cm³/mol. The Bertz CT molecular complexity index is 735. The minimum Gasteiger partial charge on any atom is -0.469 e. The van der Waals surface area contributed by atoms with E-state index in [0.29, 0.717) is 5.92 Å². The summed E-state index contributed by atoms with van der Waals surface area (Å²) in [6.07, 6.45) is 3.86. The highest BCUT2D eigenvalue weighted by Gasteiger charge is 2.50. The summed E-state index contributed by atoms with van der Waals surface area (Å²) in [7, 11) is -0.984. The van der Waals surface area contributed by atoms with E-state index in [1.165, 1.54) is 17.5 Å². The summed E-state index contributed by atoms with van der Waals surface area (Å²) in [6, 6.07) is 21.6. The summed E-state index contributed by atoms with van der Waals surface area (Å²) in [5.74, 6) is 0.498. The number of esters is 1. The third-order valence-corrected chi connectivity index (χ3v) is 11.3. The van der Waals surface area contributed by atoms with E-state index in [-0.39, 0.29) is 16.9 Å². The number of ether oxygens (including phenoxy) is 1. The van der Waals surface area contributed by atoms with Gasteiger partial charge in [-0.25, -0.2) is 0 Å². The lowest BCUT2D eigenvalue weighted by atomic mass is 9.82. The Morgan fingerprint density at radius 1 is 0.897 bits per heavy atom. The Morgan fingerprint density at radius 2 is 1.38 bits per heavy atom. The quantitative estimate of drug-likeness (QED) is 0.518. The molecule has 3 rings (SSSR count). The largest absolute Gasteiger partial charge is 0.469 e. The minimum atomic E-state index is -2.47. The smallest absolute Gasteiger partial charge is 0.308 e. The van der Waals surface area contributed by atoms with Gasteiger partial charge in [0.05, 0.1) is 13.0 Å². The summed E-state index contributed by atoms with van der Waals surface area (Å²) in [6.45, 7) is 7.69. The zero-order valence-electron chi connectivity index (χ0n) is 18.2. The van der Waals surface area contributed by atoms with Gasteiger partial charge in [-0.15, -0.1) is 0 Å². The molecule has 0 saturated heterocycles. The van der Waals surface area contributed by atoms with Crippen LogP contribution in [0.5, 0.6) is 0 Å². The maximum atomic E-state index is 11.8. The summed E-state index contributed by atoms with van der Waals surface area (Å²) in [5, 5.41) is 2.64. The van der Waals surface area contributed by atoms with Crippen LogP contribution in [0.15, 0.2) is 60.7 Å². The first-order chi connectivity index (χ1) is 13.9. The Morgan fingerprint density at radius 3 is 1.79 bits per heavy atom. The van der Waals surface area contributed by atoms with Crippen LogP contribution in [-0.4, -0.2) is 28.0 Å². The molecule has 0 aromatic heterocycles. The first kappa shape index (κ1) is 21.8. The Labute approximate surface area is 176 Å². The van der Waals surface area contributed by atoms with Crippen molar-refractivity contribution in [3.8, 4) is 0 Å². The van der Waals surface area contributed by atoms with Gasteiger partial charge in [0.15, 0.2) is 0 Å². The van der Waals surface area contributed by atoms with Crippen LogP contribution in [0.2, 0.25) is 5.04 Å². The van der Waals surface area contributed by atoms with Crippen LogP contribution in [0.4, 0.5) is 0 Å². The van der Waals surface area contributed by atoms with Crippen LogP contribution in [-0.2, 0) is 14.0 Å². The van der Waals surface area contributed by atoms with Gasteiger partial charge in [0, 0.05) is 6.61 Å². The molecule has 4 heteroatoms. The van der Waals surface area contributed by atoms with E-state index < -0.39 is 8.32 Å². The van der Waals surface area contributed by atoms with Gasteiger partial charge in [-0.2, -0.15) is 0 Å². The molecule has 1 aliphatic rings. The topological polar surface area (TPSA) is 35.5 Å². The molecule has 29 heavy (non-hydrogen) atoms. The third kappa shape index (κ3) is 4.64. The van der Waals surface area contributed by atoms with Gasteiger partial charge in [0.1, 0.15) is 0 Å². The zero-order valence-corrected chi connectivity index (χ0v) is 19.2. The highest BCUT2D eigenvalue weighted by atomic mass is 28.4. The maximum Gasteiger partial charge on any atom is 0.308 e. The Balaban J connectivity index is 1.86. The van der Waals surface area contributed by atoms with E-state index in [2.05, 4.69) is 81.4 Å². The van der Waals surface area contributed by atoms with E-state index in [1.54, 1.807) is 0 Å². The second-order valence-corrected chi connectivity index (χ2v) is 13.5. The van der Waals surface area contributed by atoms with Gasteiger partial charge in [-0.1, -0.05) is 81.4 Å². The van der Waals surface area contributed by atoms with Crippen molar-refractivity contribution in [3.05, 3.63) is 60.7 Å². The van der Waals surface area contributed by atoms with Crippen LogP contribution in [0.1, 0.15) is 46.5 Å². The molecular formula is C25H34O3Si. The van der Waals surface area contributed by atoms with Crippen LogP contribution < -0.4 is 10.4 Å². The van der Waals surface area contributed by atoms with Crippen LogP contribution in [0.3, 0.4) is 0 Å². The van der Waals surface area contributed by atoms with Gasteiger partial charge in [-0.05, 0) is 47.0 Å². The second kappa shape index (κ2) is 9.27. The molecule has 1 aliphatic carbocycles. The van der Waals surface area contributed by atoms with E-state index in [0.717, 1.165) is 32.3 Å². The van der Waals surface area contributed by atoms with E-state index in [9.17, 15) is 4.79 Å². The molecule has 1 fully saturated rings. The van der Waals surface area contributed by atoms with Gasteiger partial charge in [-0.3, -0.25) is 4.79 Å². The summed E-state index contributed by atoms with van der Waals surface area (Å²) < 4.78 is 12.0. The lowest BCUT2D eigenvalue weighted by molar-refractivity contribution is -0.146. The molecule has 0 heterocycles. The van der Waals surface area contributed by atoms with E-state index in [4.69, 9.17) is 9.16 Å². The van der Waals surface area contributed by atoms with Crippen molar-refractivity contribution in [2.75, 3.05) is 13.7 Å². The number of carbonyl (C=O) groups excluding carboxylic acids is 1. The highest BCUT2D eigenvalue weighted by molar-refractivity contribution is 6.99. The second-order valence-electron chi connectivity index (χ2n) is 9.22. The molecule has 0 unspecified atom stereocenters. The maximum absolute atomic E-state index is 11.8. The predicted octanol–water partition coefficient (Wildman–Crippen LogP) is 4.54. The standard InChI is InChI=1S/C25H34O3Si/c1-25(2,3)29(22-11-7-5-8-12-22,23-13-9-6-10-14-23)28-19-20-15-17-21(18-16-20)24(26)27-4/h5-14,20-21H,15-19H2,1-4H3/t20-,21+.